The van der Waals surface area contributed by atoms with Crippen molar-refractivity contribution in [3.63, 3.8) is 0 Å². The van der Waals surface area contributed by atoms with Crippen molar-refractivity contribution < 1.29 is 13.9 Å². The molecule has 7 heteroatoms. The van der Waals surface area contributed by atoms with E-state index in [1.54, 1.807) is 25.5 Å². The summed E-state index contributed by atoms with van der Waals surface area (Å²) < 4.78 is 12.1. The molecule has 1 fully saturated rings. The number of rotatable bonds is 5. The van der Waals surface area contributed by atoms with Crippen LogP contribution in [-0.2, 0) is 11.2 Å². The first-order valence-electron chi connectivity index (χ1n) is 9.68. The first kappa shape index (κ1) is 19.0. The summed E-state index contributed by atoms with van der Waals surface area (Å²) in [6.45, 7) is 1.22. The minimum Gasteiger partial charge on any atom is -0.497 e. The number of piperidine rings is 1. The highest BCUT2D eigenvalue weighted by molar-refractivity contribution is 5.78. The SMILES string of the molecule is COc1ccc(CC(=O)N2CCC(n3nc(-c4ccco4)ccc3=O)CC2)cc1. The zero-order chi connectivity index (χ0) is 20.2. The van der Waals surface area contributed by atoms with Crippen molar-refractivity contribution in [3.8, 4) is 17.2 Å². The van der Waals surface area contributed by atoms with Gasteiger partial charge in [-0.1, -0.05) is 12.1 Å². The molecule has 1 aliphatic heterocycles. The number of furan rings is 1. The molecule has 29 heavy (non-hydrogen) atoms. The second-order valence-corrected chi connectivity index (χ2v) is 7.12. The summed E-state index contributed by atoms with van der Waals surface area (Å²) in [7, 11) is 1.62. The molecule has 0 atom stereocenters. The number of carbonyl (C=O) groups is 1. The normalized spacial score (nSPS) is 14.7. The van der Waals surface area contributed by atoms with Crippen LogP contribution < -0.4 is 10.3 Å². The predicted octanol–water partition coefficient (Wildman–Crippen LogP) is 2.92. The molecular formula is C22H23N3O4. The topological polar surface area (TPSA) is 77.6 Å². The smallest absolute Gasteiger partial charge is 0.267 e. The van der Waals surface area contributed by atoms with E-state index in [0.29, 0.717) is 43.8 Å². The molecule has 3 aromatic rings. The van der Waals surface area contributed by atoms with Crippen molar-refractivity contribution in [2.45, 2.75) is 25.3 Å². The number of carbonyl (C=O) groups excluding carboxylic acids is 1. The molecule has 1 aliphatic rings. The molecule has 1 aromatic carbocycles. The van der Waals surface area contributed by atoms with Gasteiger partial charge < -0.3 is 14.1 Å². The maximum atomic E-state index is 12.6. The summed E-state index contributed by atoms with van der Waals surface area (Å²) in [4.78, 5) is 26.8. The molecule has 2 aromatic heterocycles. The van der Waals surface area contributed by atoms with E-state index in [4.69, 9.17) is 9.15 Å². The van der Waals surface area contributed by atoms with E-state index >= 15 is 0 Å². The van der Waals surface area contributed by atoms with Gasteiger partial charge in [-0.2, -0.15) is 5.10 Å². The molecule has 0 aliphatic carbocycles. The molecular weight excluding hydrogens is 370 g/mol. The molecule has 0 unspecified atom stereocenters. The Balaban J connectivity index is 1.39. The third-order valence-electron chi connectivity index (χ3n) is 5.28. The monoisotopic (exact) mass is 393 g/mol. The summed E-state index contributed by atoms with van der Waals surface area (Å²) in [6, 6.07) is 14.3. The van der Waals surface area contributed by atoms with Crippen LogP contribution >= 0.6 is 0 Å². The summed E-state index contributed by atoms with van der Waals surface area (Å²) in [6.07, 6.45) is 3.34. The molecule has 0 spiro atoms. The van der Waals surface area contributed by atoms with E-state index in [9.17, 15) is 9.59 Å². The lowest BCUT2D eigenvalue weighted by atomic mass is 10.0. The lowest BCUT2D eigenvalue weighted by Gasteiger charge is -2.32. The fraction of sp³-hybridized carbons (Fsp3) is 0.318. The van der Waals surface area contributed by atoms with Crippen LogP contribution in [0.1, 0.15) is 24.4 Å². The van der Waals surface area contributed by atoms with Crippen molar-refractivity contribution in [3.05, 3.63) is 70.7 Å². The molecule has 0 N–H and O–H groups in total. The van der Waals surface area contributed by atoms with Gasteiger partial charge in [0.2, 0.25) is 5.91 Å². The Morgan fingerprint density at radius 3 is 2.55 bits per heavy atom. The zero-order valence-electron chi connectivity index (χ0n) is 16.3. The van der Waals surface area contributed by atoms with Gasteiger partial charge >= 0.3 is 0 Å². The van der Waals surface area contributed by atoms with E-state index in [0.717, 1.165) is 11.3 Å². The Bertz CT molecular complexity index is 1020. The van der Waals surface area contributed by atoms with Gasteiger partial charge in [0, 0.05) is 19.2 Å². The first-order chi connectivity index (χ1) is 14.1. The molecule has 3 heterocycles. The fourth-order valence-electron chi connectivity index (χ4n) is 3.63. The van der Waals surface area contributed by atoms with E-state index in [2.05, 4.69) is 5.10 Å². The van der Waals surface area contributed by atoms with Crippen LogP contribution in [0.4, 0.5) is 0 Å². The summed E-state index contributed by atoms with van der Waals surface area (Å²) in [5.74, 6) is 1.50. The molecule has 150 valence electrons. The highest BCUT2D eigenvalue weighted by Crippen LogP contribution is 2.23. The number of nitrogens with zero attached hydrogens (tertiary/aromatic N) is 3. The van der Waals surface area contributed by atoms with Gasteiger partial charge in [0.05, 0.1) is 25.8 Å². The highest BCUT2D eigenvalue weighted by Gasteiger charge is 2.25. The van der Waals surface area contributed by atoms with Crippen molar-refractivity contribution in [1.82, 2.24) is 14.7 Å². The summed E-state index contributed by atoms with van der Waals surface area (Å²) in [5, 5.41) is 4.49. The van der Waals surface area contributed by atoms with E-state index in [-0.39, 0.29) is 17.5 Å². The number of hydrogen-bond acceptors (Lipinski definition) is 5. The second kappa shape index (κ2) is 8.34. The van der Waals surface area contributed by atoms with Crippen LogP contribution in [0.2, 0.25) is 0 Å². The van der Waals surface area contributed by atoms with Crippen molar-refractivity contribution >= 4 is 5.91 Å². The predicted molar refractivity (Wildman–Crippen MR) is 108 cm³/mol. The average molecular weight is 393 g/mol. The van der Waals surface area contributed by atoms with Crippen LogP contribution in [0.3, 0.4) is 0 Å². The Morgan fingerprint density at radius 1 is 1.14 bits per heavy atom. The van der Waals surface area contributed by atoms with Crippen molar-refractivity contribution in [2.75, 3.05) is 20.2 Å². The van der Waals surface area contributed by atoms with Gasteiger partial charge in [-0.15, -0.1) is 0 Å². The maximum absolute atomic E-state index is 12.6. The van der Waals surface area contributed by atoms with Crippen LogP contribution in [0.25, 0.3) is 11.5 Å². The van der Waals surface area contributed by atoms with Crippen LogP contribution in [0.15, 0.2) is 64.0 Å². The largest absolute Gasteiger partial charge is 0.497 e. The average Bonchev–Trinajstić information content (AvgIpc) is 3.30. The zero-order valence-corrected chi connectivity index (χ0v) is 16.3. The van der Waals surface area contributed by atoms with Gasteiger partial charge in [0.1, 0.15) is 11.4 Å². The third kappa shape index (κ3) is 4.23. The maximum Gasteiger partial charge on any atom is 0.267 e. The molecule has 7 nitrogen and oxygen atoms in total. The number of aromatic nitrogens is 2. The van der Waals surface area contributed by atoms with E-state index in [1.165, 1.54) is 10.7 Å². The second-order valence-electron chi connectivity index (χ2n) is 7.12. The lowest BCUT2D eigenvalue weighted by Crippen LogP contribution is -2.42. The van der Waals surface area contributed by atoms with Crippen LogP contribution in [0.5, 0.6) is 5.75 Å². The number of benzene rings is 1. The number of ether oxygens (including phenoxy) is 1. The molecule has 0 bridgehead atoms. The molecule has 1 saturated heterocycles. The van der Waals surface area contributed by atoms with Crippen molar-refractivity contribution in [2.24, 2.45) is 0 Å². The van der Waals surface area contributed by atoms with Gasteiger partial charge in [-0.05, 0) is 48.7 Å². The number of methoxy groups -OCH3 is 1. The Morgan fingerprint density at radius 2 is 1.90 bits per heavy atom. The lowest BCUT2D eigenvalue weighted by molar-refractivity contribution is -0.131. The fourth-order valence-corrected chi connectivity index (χ4v) is 3.63. The molecule has 0 saturated carbocycles. The first-order valence-corrected chi connectivity index (χ1v) is 9.68. The van der Waals surface area contributed by atoms with Crippen molar-refractivity contribution in [1.29, 1.82) is 0 Å². The third-order valence-corrected chi connectivity index (χ3v) is 5.28. The standard InChI is InChI=1S/C22H23N3O4/c1-28-18-6-4-16(5-7-18)15-22(27)24-12-10-17(11-13-24)25-21(26)9-8-19(23-25)20-3-2-14-29-20/h2-9,14,17H,10-13,15H2,1H3. The van der Waals surface area contributed by atoms with Gasteiger partial charge in [-0.3, -0.25) is 9.59 Å². The van der Waals surface area contributed by atoms with E-state index < -0.39 is 0 Å². The molecule has 1 amide bonds. The molecule has 4 rings (SSSR count). The van der Waals surface area contributed by atoms with Gasteiger partial charge in [0.25, 0.3) is 5.56 Å². The number of hydrogen-bond donors (Lipinski definition) is 0. The Hall–Kier alpha value is -3.35. The van der Waals surface area contributed by atoms with Crippen LogP contribution in [0, 0.1) is 0 Å². The number of amides is 1. The number of likely N-dealkylation sites (tertiary alicyclic amines) is 1. The van der Waals surface area contributed by atoms with Gasteiger partial charge in [0.15, 0.2) is 5.76 Å². The quantitative estimate of drug-likeness (QED) is 0.666. The van der Waals surface area contributed by atoms with Gasteiger partial charge in [-0.25, -0.2) is 4.68 Å². The molecule has 0 radical (unpaired) electrons. The minimum absolute atomic E-state index is 0.0255. The Labute approximate surface area is 168 Å². The summed E-state index contributed by atoms with van der Waals surface area (Å²) >= 11 is 0. The Kier molecular flexibility index (Phi) is 5.46. The minimum atomic E-state index is -0.136. The van der Waals surface area contributed by atoms with Crippen LogP contribution in [-0.4, -0.2) is 40.8 Å². The highest BCUT2D eigenvalue weighted by atomic mass is 16.5. The summed E-state index contributed by atoms with van der Waals surface area (Å²) in [5.41, 5.74) is 1.46. The van der Waals surface area contributed by atoms with E-state index in [1.807, 2.05) is 35.2 Å².